The molecule has 2 N–H and O–H groups in total. The van der Waals surface area contributed by atoms with E-state index in [0.717, 1.165) is 0 Å². The van der Waals surface area contributed by atoms with Gasteiger partial charge in [-0.2, -0.15) is 4.72 Å². The van der Waals surface area contributed by atoms with Crippen molar-refractivity contribution in [2.24, 2.45) is 0 Å². The Bertz CT molecular complexity index is 1060. The second kappa shape index (κ2) is 8.40. The fourth-order valence-corrected chi connectivity index (χ4v) is 4.40. The number of nitrogens with one attached hydrogen (secondary N) is 2. The first-order chi connectivity index (χ1) is 13.7. The third-order valence-electron chi connectivity index (χ3n) is 4.57. The third kappa shape index (κ3) is 4.52. The summed E-state index contributed by atoms with van der Waals surface area (Å²) in [7, 11) is -1.03. The van der Waals surface area contributed by atoms with Crippen molar-refractivity contribution in [2.75, 3.05) is 26.0 Å². The van der Waals surface area contributed by atoms with Crippen molar-refractivity contribution in [1.82, 2.24) is 9.62 Å². The fourth-order valence-electron chi connectivity index (χ4n) is 2.97. The number of para-hydroxylation sites is 1. The van der Waals surface area contributed by atoms with Gasteiger partial charge >= 0.3 is 0 Å². The molecule has 0 saturated carbocycles. The monoisotopic (exact) mass is 437 g/mol. The van der Waals surface area contributed by atoms with Crippen molar-refractivity contribution < 1.29 is 22.7 Å². The van der Waals surface area contributed by atoms with Crippen LogP contribution in [-0.2, 0) is 14.8 Å². The SMILES string of the molecule is COc1ccc(S(=O)(=O)NC2CCN(C)C2=O)cc1C(=O)Nc1ccccc1Cl. The smallest absolute Gasteiger partial charge is 0.259 e. The Morgan fingerprint density at radius 2 is 1.97 bits per heavy atom. The normalized spacial score (nSPS) is 16.7. The fraction of sp³-hybridized carbons (Fsp3) is 0.263. The standard InChI is InChI=1S/C19H20ClN3O5S/c1-23-10-9-16(19(23)25)22-29(26,27)12-7-8-17(28-2)13(11-12)18(24)21-15-6-4-3-5-14(15)20/h3-8,11,16,22H,9-10H2,1-2H3,(H,21,24). The number of hydrogen-bond acceptors (Lipinski definition) is 5. The summed E-state index contributed by atoms with van der Waals surface area (Å²) in [5, 5.41) is 2.98. The Hall–Kier alpha value is -2.62. The summed E-state index contributed by atoms with van der Waals surface area (Å²) >= 11 is 6.07. The summed E-state index contributed by atoms with van der Waals surface area (Å²) in [6.07, 6.45) is 0.380. The Kier molecular flexibility index (Phi) is 6.11. The number of sulfonamides is 1. The molecule has 1 aliphatic heterocycles. The number of methoxy groups -OCH3 is 1. The van der Waals surface area contributed by atoms with Gasteiger partial charge in [-0.1, -0.05) is 23.7 Å². The van der Waals surface area contributed by atoms with Gasteiger partial charge in [-0.15, -0.1) is 0 Å². The van der Waals surface area contributed by atoms with Crippen LogP contribution >= 0.6 is 11.6 Å². The van der Waals surface area contributed by atoms with Crippen LogP contribution in [0.25, 0.3) is 0 Å². The van der Waals surface area contributed by atoms with Crippen LogP contribution in [0.3, 0.4) is 0 Å². The molecule has 0 aliphatic carbocycles. The Morgan fingerprint density at radius 3 is 2.59 bits per heavy atom. The van der Waals surface area contributed by atoms with Crippen LogP contribution in [0.4, 0.5) is 5.69 Å². The van der Waals surface area contributed by atoms with Crippen molar-refractivity contribution >= 4 is 39.1 Å². The molecular weight excluding hydrogens is 418 g/mol. The maximum absolute atomic E-state index is 12.8. The lowest BCUT2D eigenvalue weighted by Gasteiger charge is -2.15. The second-order valence-electron chi connectivity index (χ2n) is 6.52. The van der Waals surface area contributed by atoms with Crippen molar-refractivity contribution in [3.63, 3.8) is 0 Å². The number of carbonyl (C=O) groups is 2. The summed E-state index contributed by atoms with van der Waals surface area (Å²) in [6.45, 7) is 0.472. The molecular formula is C19H20ClN3O5S. The summed E-state index contributed by atoms with van der Waals surface area (Å²) in [6, 6.07) is 9.75. The molecule has 154 valence electrons. The molecule has 1 heterocycles. The molecule has 29 heavy (non-hydrogen) atoms. The number of amides is 2. The van der Waals surface area contributed by atoms with E-state index in [1.165, 1.54) is 30.2 Å². The van der Waals surface area contributed by atoms with Gasteiger partial charge in [0.1, 0.15) is 11.8 Å². The predicted molar refractivity (Wildman–Crippen MR) is 109 cm³/mol. The van der Waals surface area contributed by atoms with Crippen molar-refractivity contribution in [3.8, 4) is 5.75 Å². The molecule has 2 aromatic carbocycles. The summed E-state index contributed by atoms with van der Waals surface area (Å²) in [5.41, 5.74) is 0.400. The van der Waals surface area contributed by atoms with Gasteiger partial charge in [0.05, 0.1) is 28.3 Å². The average molecular weight is 438 g/mol. The van der Waals surface area contributed by atoms with Gasteiger partial charge in [0, 0.05) is 13.6 Å². The molecule has 1 fully saturated rings. The minimum atomic E-state index is -4.02. The first kappa shape index (κ1) is 21.1. The Morgan fingerprint density at radius 1 is 1.24 bits per heavy atom. The van der Waals surface area contributed by atoms with Gasteiger partial charge in [-0.3, -0.25) is 9.59 Å². The van der Waals surface area contributed by atoms with Crippen molar-refractivity contribution in [3.05, 3.63) is 53.1 Å². The largest absolute Gasteiger partial charge is 0.496 e. The summed E-state index contributed by atoms with van der Waals surface area (Å²) in [5.74, 6) is -0.673. The van der Waals surface area contributed by atoms with Gasteiger partial charge in [0.2, 0.25) is 15.9 Å². The first-order valence-corrected chi connectivity index (χ1v) is 10.6. The summed E-state index contributed by atoms with van der Waals surface area (Å²) < 4.78 is 33.1. The molecule has 10 heteroatoms. The molecule has 3 rings (SSSR count). The number of halogens is 1. The van der Waals surface area contributed by atoms with E-state index in [4.69, 9.17) is 16.3 Å². The van der Waals surface area contributed by atoms with Gasteiger partial charge < -0.3 is 15.0 Å². The molecule has 2 amide bonds. The molecule has 0 aromatic heterocycles. The van der Waals surface area contributed by atoms with Crippen LogP contribution in [0.15, 0.2) is 47.4 Å². The van der Waals surface area contributed by atoms with Gasteiger partial charge in [0.25, 0.3) is 5.91 Å². The molecule has 1 aliphatic rings. The van der Waals surface area contributed by atoms with Gasteiger partial charge in [-0.05, 0) is 36.8 Å². The highest BCUT2D eigenvalue weighted by Gasteiger charge is 2.33. The minimum absolute atomic E-state index is 0.0187. The van der Waals surface area contributed by atoms with E-state index in [-0.39, 0.29) is 22.1 Å². The van der Waals surface area contributed by atoms with Crippen LogP contribution in [0.2, 0.25) is 5.02 Å². The number of carbonyl (C=O) groups excluding carboxylic acids is 2. The topological polar surface area (TPSA) is 105 Å². The molecule has 0 radical (unpaired) electrons. The highest BCUT2D eigenvalue weighted by atomic mass is 35.5. The van der Waals surface area contributed by atoms with Gasteiger partial charge in [-0.25, -0.2) is 8.42 Å². The molecule has 0 bridgehead atoms. The average Bonchev–Trinajstić information content (AvgIpc) is 3.00. The van der Waals surface area contributed by atoms with Crippen molar-refractivity contribution in [1.29, 1.82) is 0 Å². The zero-order valence-electron chi connectivity index (χ0n) is 15.8. The molecule has 8 nitrogen and oxygen atoms in total. The molecule has 2 aromatic rings. The van der Waals surface area contributed by atoms with E-state index in [2.05, 4.69) is 10.0 Å². The van der Waals surface area contributed by atoms with E-state index in [1.807, 2.05) is 0 Å². The first-order valence-electron chi connectivity index (χ1n) is 8.74. The van der Waals surface area contributed by atoms with E-state index >= 15 is 0 Å². The third-order valence-corrected chi connectivity index (χ3v) is 6.37. The van der Waals surface area contributed by atoms with Crippen LogP contribution < -0.4 is 14.8 Å². The maximum atomic E-state index is 12.8. The van der Waals surface area contributed by atoms with E-state index in [1.54, 1.807) is 31.3 Å². The second-order valence-corrected chi connectivity index (χ2v) is 8.64. The van der Waals surface area contributed by atoms with Crippen LogP contribution in [0.1, 0.15) is 16.8 Å². The minimum Gasteiger partial charge on any atom is -0.496 e. The van der Waals surface area contributed by atoms with Gasteiger partial charge in [0.15, 0.2) is 0 Å². The number of hydrogen-bond donors (Lipinski definition) is 2. The number of benzene rings is 2. The quantitative estimate of drug-likeness (QED) is 0.720. The van der Waals surface area contributed by atoms with Crippen LogP contribution in [0.5, 0.6) is 5.75 Å². The number of rotatable bonds is 6. The van der Waals surface area contributed by atoms with Crippen LogP contribution in [-0.4, -0.2) is 51.9 Å². The number of nitrogens with zero attached hydrogens (tertiary/aromatic N) is 1. The number of ether oxygens (including phenoxy) is 1. The predicted octanol–water partition coefficient (Wildman–Crippen LogP) is 2.11. The molecule has 1 saturated heterocycles. The maximum Gasteiger partial charge on any atom is 0.259 e. The van der Waals surface area contributed by atoms with Crippen LogP contribution in [0, 0.1) is 0 Å². The van der Waals surface area contributed by atoms with E-state index < -0.39 is 22.0 Å². The highest BCUT2D eigenvalue weighted by molar-refractivity contribution is 7.89. The zero-order chi connectivity index (χ0) is 21.2. The number of anilines is 1. The lowest BCUT2D eigenvalue weighted by atomic mass is 10.2. The lowest BCUT2D eigenvalue weighted by Crippen LogP contribution is -2.40. The zero-order valence-corrected chi connectivity index (χ0v) is 17.4. The molecule has 0 spiro atoms. The lowest BCUT2D eigenvalue weighted by molar-refractivity contribution is -0.127. The number of likely N-dealkylation sites (N-methyl/N-ethyl adjacent to an activating group) is 1. The van der Waals surface area contributed by atoms with Crippen molar-refractivity contribution in [2.45, 2.75) is 17.4 Å². The highest BCUT2D eigenvalue weighted by Crippen LogP contribution is 2.26. The molecule has 1 atom stereocenters. The summed E-state index contributed by atoms with van der Waals surface area (Å²) in [4.78, 5) is 26.1. The Balaban J connectivity index is 1.89. The molecule has 1 unspecified atom stereocenters. The number of likely N-dealkylation sites (tertiary alicyclic amines) is 1. The Labute approximate surface area is 173 Å². The van der Waals surface area contributed by atoms with E-state index in [9.17, 15) is 18.0 Å². The van der Waals surface area contributed by atoms with E-state index in [0.29, 0.717) is 23.7 Å².